The Morgan fingerprint density at radius 2 is 2.17 bits per heavy atom. The number of fused-ring (bicyclic) bond motifs is 1. The van der Waals surface area contributed by atoms with Crippen molar-refractivity contribution in [1.82, 2.24) is 0 Å². The average molecular weight is 247 g/mol. The molecule has 0 amide bonds. The Bertz CT molecular complexity index is 478. The van der Waals surface area contributed by atoms with Gasteiger partial charge in [0.05, 0.1) is 13.2 Å². The van der Waals surface area contributed by atoms with Crippen molar-refractivity contribution >= 4 is 0 Å². The van der Waals surface area contributed by atoms with Crippen LogP contribution in [-0.4, -0.2) is 23.9 Å². The summed E-state index contributed by atoms with van der Waals surface area (Å²) in [6, 6.07) is 9.65. The van der Waals surface area contributed by atoms with Crippen LogP contribution < -0.4 is 4.74 Å². The molecule has 1 unspecified atom stereocenters. The molecule has 1 N–H and O–H groups in total. The van der Waals surface area contributed by atoms with E-state index < -0.39 is 11.2 Å². The van der Waals surface area contributed by atoms with Gasteiger partial charge in [0.1, 0.15) is 17.4 Å². The summed E-state index contributed by atoms with van der Waals surface area (Å²) in [7, 11) is 0. The van der Waals surface area contributed by atoms with E-state index in [-0.39, 0.29) is 13.2 Å². The van der Waals surface area contributed by atoms with E-state index in [1.54, 1.807) is 0 Å². The van der Waals surface area contributed by atoms with Gasteiger partial charge in [0, 0.05) is 12.0 Å². The maximum Gasteiger partial charge on any atom is 0.186 e. The van der Waals surface area contributed by atoms with Crippen LogP contribution in [0.3, 0.4) is 0 Å². The molecule has 0 saturated heterocycles. The lowest BCUT2D eigenvalue weighted by Gasteiger charge is -2.41. The molecule has 0 radical (unpaired) electrons. The lowest BCUT2D eigenvalue weighted by Crippen LogP contribution is -2.45. The van der Waals surface area contributed by atoms with E-state index in [0.717, 1.165) is 5.56 Å². The number of hydrogen-bond acceptors (Lipinski definition) is 4. The van der Waals surface area contributed by atoms with E-state index in [4.69, 9.17) is 14.6 Å². The third-order valence-electron chi connectivity index (χ3n) is 3.00. The minimum atomic E-state index is -1.04. The number of ether oxygens (including phenoxy) is 2. The van der Waals surface area contributed by atoms with Crippen molar-refractivity contribution in [3.05, 3.63) is 29.8 Å². The smallest absolute Gasteiger partial charge is 0.186 e. The second kappa shape index (κ2) is 4.60. The molecule has 1 heterocycles. The molecule has 4 nitrogen and oxygen atoms in total. The molecule has 0 aliphatic carbocycles. The van der Waals surface area contributed by atoms with Gasteiger partial charge in [-0.2, -0.15) is 5.26 Å². The first-order valence-electron chi connectivity index (χ1n) is 5.98. The number of para-hydroxylation sites is 1. The van der Waals surface area contributed by atoms with Gasteiger partial charge in [-0.25, -0.2) is 0 Å². The second-order valence-corrected chi connectivity index (χ2v) is 5.05. The fourth-order valence-corrected chi connectivity index (χ4v) is 2.40. The molecule has 2 rings (SSSR count). The maximum absolute atomic E-state index is 9.53. The van der Waals surface area contributed by atoms with E-state index in [0.29, 0.717) is 12.2 Å². The Labute approximate surface area is 107 Å². The molecule has 0 bridgehead atoms. The molecule has 1 aliphatic heterocycles. The van der Waals surface area contributed by atoms with Crippen molar-refractivity contribution in [3.8, 4) is 11.8 Å². The first kappa shape index (κ1) is 12.9. The van der Waals surface area contributed by atoms with Crippen LogP contribution in [-0.2, 0) is 10.3 Å². The Hall–Kier alpha value is -1.57. The van der Waals surface area contributed by atoms with Gasteiger partial charge in [-0.1, -0.05) is 18.2 Å². The Balaban J connectivity index is 2.48. The van der Waals surface area contributed by atoms with E-state index >= 15 is 0 Å². The maximum atomic E-state index is 9.53. The molecule has 0 aromatic heterocycles. The normalized spacial score (nSPS) is 24.8. The first-order chi connectivity index (χ1) is 8.53. The Kier molecular flexibility index (Phi) is 3.29. The summed E-state index contributed by atoms with van der Waals surface area (Å²) < 4.78 is 11.5. The highest BCUT2D eigenvalue weighted by molar-refractivity contribution is 5.44. The molecule has 1 aliphatic rings. The molecular formula is C14H17NO3. The Morgan fingerprint density at radius 3 is 2.83 bits per heavy atom. The summed E-state index contributed by atoms with van der Waals surface area (Å²) in [5.41, 5.74) is -0.777. The van der Waals surface area contributed by atoms with E-state index in [1.807, 2.05) is 38.1 Å². The quantitative estimate of drug-likeness (QED) is 0.887. The highest BCUT2D eigenvalue weighted by Gasteiger charge is 2.46. The molecule has 1 atom stereocenters. The molecular weight excluding hydrogens is 230 g/mol. The van der Waals surface area contributed by atoms with E-state index in [9.17, 15) is 5.26 Å². The minimum absolute atomic E-state index is 0.104. The van der Waals surface area contributed by atoms with Gasteiger partial charge in [-0.05, 0) is 19.9 Å². The topological polar surface area (TPSA) is 62.5 Å². The Morgan fingerprint density at radius 1 is 1.44 bits per heavy atom. The summed E-state index contributed by atoms with van der Waals surface area (Å²) in [5, 5.41) is 18.5. The number of rotatable bonds is 3. The predicted molar refractivity (Wildman–Crippen MR) is 66.1 cm³/mol. The van der Waals surface area contributed by atoms with Gasteiger partial charge in [0.25, 0.3) is 0 Å². The molecule has 0 spiro atoms. The summed E-state index contributed by atoms with van der Waals surface area (Å²) in [5.74, 6) is 0.674. The SMILES string of the molecule is CC1(C)CC(C#N)(OCCO)c2ccccc2O1. The third-order valence-corrected chi connectivity index (χ3v) is 3.00. The summed E-state index contributed by atoms with van der Waals surface area (Å²) in [4.78, 5) is 0. The molecule has 0 saturated carbocycles. The van der Waals surface area contributed by atoms with Gasteiger partial charge in [-0.3, -0.25) is 0 Å². The van der Waals surface area contributed by atoms with Crippen LogP contribution in [0.15, 0.2) is 24.3 Å². The lowest BCUT2D eigenvalue weighted by atomic mass is 9.81. The fraction of sp³-hybridized carbons (Fsp3) is 0.500. The lowest BCUT2D eigenvalue weighted by molar-refractivity contribution is -0.0844. The van der Waals surface area contributed by atoms with Gasteiger partial charge >= 0.3 is 0 Å². The van der Waals surface area contributed by atoms with Crippen LogP contribution in [0.1, 0.15) is 25.8 Å². The monoisotopic (exact) mass is 247 g/mol. The standard InChI is InChI=1S/C14H17NO3/c1-13(2)9-14(10-15,17-8-7-16)11-5-3-4-6-12(11)18-13/h3-6,16H,7-9H2,1-2H3. The van der Waals surface area contributed by atoms with E-state index in [1.165, 1.54) is 0 Å². The predicted octanol–water partition coefficient (Wildman–Crippen LogP) is 1.98. The van der Waals surface area contributed by atoms with Crippen LogP contribution in [0.25, 0.3) is 0 Å². The van der Waals surface area contributed by atoms with Crippen molar-refractivity contribution in [3.63, 3.8) is 0 Å². The molecule has 1 aromatic rings. The minimum Gasteiger partial charge on any atom is -0.487 e. The number of aliphatic hydroxyl groups is 1. The third kappa shape index (κ3) is 2.20. The van der Waals surface area contributed by atoms with Crippen molar-refractivity contribution in [1.29, 1.82) is 5.26 Å². The second-order valence-electron chi connectivity index (χ2n) is 5.05. The van der Waals surface area contributed by atoms with Crippen molar-refractivity contribution in [2.75, 3.05) is 13.2 Å². The molecule has 1 aromatic carbocycles. The number of benzene rings is 1. The molecule has 0 fully saturated rings. The average Bonchev–Trinajstić information content (AvgIpc) is 2.34. The highest BCUT2D eigenvalue weighted by Crippen LogP contribution is 2.45. The summed E-state index contributed by atoms with van der Waals surface area (Å²) >= 11 is 0. The van der Waals surface area contributed by atoms with Crippen molar-refractivity contribution in [2.24, 2.45) is 0 Å². The zero-order valence-electron chi connectivity index (χ0n) is 10.6. The van der Waals surface area contributed by atoms with Crippen LogP contribution in [0.4, 0.5) is 0 Å². The molecule has 18 heavy (non-hydrogen) atoms. The summed E-state index contributed by atoms with van der Waals surface area (Å²) in [6.07, 6.45) is 0.438. The fourth-order valence-electron chi connectivity index (χ4n) is 2.40. The summed E-state index contributed by atoms with van der Waals surface area (Å²) in [6.45, 7) is 3.89. The zero-order valence-corrected chi connectivity index (χ0v) is 10.6. The van der Waals surface area contributed by atoms with Gasteiger partial charge in [-0.15, -0.1) is 0 Å². The van der Waals surface area contributed by atoms with Gasteiger partial charge < -0.3 is 14.6 Å². The molecule has 4 heteroatoms. The van der Waals surface area contributed by atoms with Gasteiger partial charge in [0.15, 0.2) is 5.60 Å². The number of nitrogens with zero attached hydrogens (tertiary/aromatic N) is 1. The van der Waals surface area contributed by atoms with Crippen LogP contribution in [0.5, 0.6) is 5.75 Å². The van der Waals surface area contributed by atoms with Crippen LogP contribution in [0.2, 0.25) is 0 Å². The number of aliphatic hydroxyl groups excluding tert-OH is 1. The highest BCUT2D eigenvalue weighted by atomic mass is 16.5. The van der Waals surface area contributed by atoms with Crippen molar-refractivity contribution < 1.29 is 14.6 Å². The van der Waals surface area contributed by atoms with Crippen LogP contribution in [0, 0.1) is 11.3 Å². The number of hydrogen-bond donors (Lipinski definition) is 1. The van der Waals surface area contributed by atoms with Crippen molar-refractivity contribution in [2.45, 2.75) is 31.5 Å². The van der Waals surface area contributed by atoms with Crippen LogP contribution >= 0.6 is 0 Å². The molecule has 96 valence electrons. The largest absolute Gasteiger partial charge is 0.487 e. The first-order valence-corrected chi connectivity index (χ1v) is 5.98. The number of nitriles is 1. The van der Waals surface area contributed by atoms with E-state index in [2.05, 4.69) is 6.07 Å². The zero-order chi connectivity index (χ0) is 13.2. The van der Waals surface area contributed by atoms with Gasteiger partial charge in [0.2, 0.25) is 0 Å².